The molecule has 0 radical (unpaired) electrons. The van der Waals surface area contributed by atoms with Crippen LogP contribution in [0.25, 0.3) is 11.3 Å². The van der Waals surface area contributed by atoms with Crippen LogP contribution in [-0.4, -0.2) is 19.7 Å². The van der Waals surface area contributed by atoms with E-state index >= 15 is 0 Å². The molecule has 0 aliphatic heterocycles. The lowest BCUT2D eigenvalue weighted by Gasteiger charge is -2.07. The minimum Gasteiger partial charge on any atom is -0.440 e. The zero-order chi connectivity index (χ0) is 16.8. The van der Waals surface area contributed by atoms with Crippen molar-refractivity contribution in [3.05, 3.63) is 48.0 Å². The highest BCUT2D eigenvalue weighted by molar-refractivity contribution is 7.98. The molecule has 7 heteroatoms. The molecule has 0 atom stereocenters. The maximum atomic E-state index is 13.0. The normalized spacial score (nSPS) is 17.2. The van der Waals surface area contributed by atoms with Crippen LogP contribution in [0.2, 0.25) is 0 Å². The molecule has 0 amide bonds. The summed E-state index contributed by atoms with van der Waals surface area (Å²) in [5.74, 6) is 3.40. The van der Waals surface area contributed by atoms with Crippen molar-refractivity contribution in [1.82, 2.24) is 19.7 Å². The summed E-state index contributed by atoms with van der Waals surface area (Å²) in [6, 6.07) is 6.80. The maximum Gasteiger partial charge on any atom is 0.205 e. The van der Waals surface area contributed by atoms with Crippen molar-refractivity contribution >= 4 is 11.8 Å². The number of benzene rings is 1. The summed E-state index contributed by atoms with van der Waals surface area (Å²) in [7, 11) is 0. The molecule has 0 saturated heterocycles. The van der Waals surface area contributed by atoms with Gasteiger partial charge >= 0.3 is 0 Å². The van der Waals surface area contributed by atoms with E-state index in [-0.39, 0.29) is 5.82 Å². The van der Waals surface area contributed by atoms with Gasteiger partial charge in [0.25, 0.3) is 0 Å². The van der Waals surface area contributed by atoms with Crippen molar-refractivity contribution in [2.24, 2.45) is 0 Å². The van der Waals surface area contributed by atoms with Crippen LogP contribution in [0.5, 0.6) is 0 Å². The molecule has 2 saturated carbocycles. The van der Waals surface area contributed by atoms with Gasteiger partial charge in [-0.2, -0.15) is 0 Å². The number of hydrogen-bond acceptors (Lipinski definition) is 5. The lowest BCUT2D eigenvalue weighted by atomic mass is 10.2. The molecule has 0 unspecified atom stereocenters. The standard InChI is InChI=1S/C18H17FN4OS/c19-13-5-3-11(4-6-13)15-9-20-16(24-15)10-25-18-22-21-17(12-1-2-12)23(18)14-7-8-14/h3-6,9,12,14H,1-2,7-8,10H2. The Kier molecular flexibility index (Phi) is 3.62. The summed E-state index contributed by atoms with van der Waals surface area (Å²) in [6.45, 7) is 0. The molecule has 2 aliphatic rings. The average molecular weight is 356 g/mol. The largest absolute Gasteiger partial charge is 0.440 e. The Morgan fingerprint density at radius 1 is 1.12 bits per heavy atom. The maximum absolute atomic E-state index is 13.0. The van der Waals surface area contributed by atoms with Gasteiger partial charge in [0, 0.05) is 17.5 Å². The van der Waals surface area contributed by atoms with Crippen LogP contribution in [-0.2, 0) is 5.75 Å². The minimum atomic E-state index is -0.259. The highest BCUT2D eigenvalue weighted by atomic mass is 32.2. The first-order chi connectivity index (χ1) is 12.3. The van der Waals surface area contributed by atoms with E-state index in [1.807, 2.05) is 0 Å². The van der Waals surface area contributed by atoms with E-state index < -0.39 is 0 Å². The molecule has 25 heavy (non-hydrogen) atoms. The SMILES string of the molecule is Fc1ccc(-c2cnc(CSc3nnc(C4CC4)n3C3CC3)o2)cc1. The summed E-state index contributed by atoms with van der Waals surface area (Å²) >= 11 is 1.62. The second-order valence-corrected chi connectivity index (χ2v) is 7.57. The van der Waals surface area contributed by atoms with Gasteiger partial charge in [-0.1, -0.05) is 11.8 Å². The van der Waals surface area contributed by atoms with Gasteiger partial charge in [-0.25, -0.2) is 9.37 Å². The average Bonchev–Trinajstić information content (AvgIpc) is 3.55. The fourth-order valence-electron chi connectivity index (χ4n) is 2.93. The Bertz CT molecular complexity index is 896. The first kappa shape index (κ1) is 15.1. The number of nitrogens with zero attached hydrogens (tertiary/aromatic N) is 4. The van der Waals surface area contributed by atoms with E-state index in [0.29, 0.717) is 29.4 Å². The zero-order valence-corrected chi connectivity index (χ0v) is 14.4. The third-order valence-corrected chi connectivity index (χ3v) is 5.48. The van der Waals surface area contributed by atoms with Crippen LogP contribution in [0.3, 0.4) is 0 Å². The van der Waals surface area contributed by atoms with E-state index in [4.69, 9.17) is 4.42 Å². The van der Waals surface area contributed by atoms with Crippen molar-refractivity contribution < 1.29 is 8.81 Å². The number of hydrogen-bond donors (Lipinski definition) is 0. The number of halogens is 1. The van der Waals surface area contributed by atoms with Gasteiger partial charge in [0.1, 0.15) is 11.6 Å². The zero-order valence-electron chi connectivity index (χ0n) is 13.6. The quantitative estimate of drug-likeness (QED) is 0.605. The second kappa shape index (κ2) is 5.98. The Labute approximate surface area is 148 Å². The number of thioether (sulfide) groups is 1. The highest BCUT2D eigenvalue weighted by Crippen LogP contribution is 2.46. The molecule has 2 aromatic heterocycles. The van der Waals surface area contributed by atoms with Crippen LogP contribution in [0.4, 0.5) is 4.39 Å². The molecule has 2 aliphatic carbocycles. The monoisotopic (exact) mass is 356 g/mol. The van der Waals surface area contributed by atoms with Gasteiger partial charge in [-0.05, 0) is 49.9 Å². The van der Waals surface area contributed by atoms with E-state index in [2.05, 4.69) is 19.7 Å². The van der Waals surface area contributed by atoms with Crippen LogP contribution in [0.15, 0.2) is 40.0 Å². The number of rotatable bonds is 6. The first-order valence-corrected chi connectivity index (χ1v) is 9.55. The predicted molar refractivity (Wildman–Crippen MR) is 91.7 cm³/mol. The fourth-order valence-corrected chi connectivity index (χ4v) is 3.80. The summed E-state index contributed by atoms with van der Waals surface area (Å²) in [5, 5.41) is 9.78. The molecule has 0 spiro atoms. The molecule has 1 aromatic carbocycles. The van der Waals surface area contributed by atoms with Gasteiger partial charge in [-0.15, -0.1) is 10.2 Å². The van der Waals surface area contributed by atoms with Gasteiger partial charge in [0.2, 0.25) is 5.89 Å². The predicted octanol–water partition coefficient (Wildman–Crippen LogP) is 4.58. The molecular formula is C18H17FN4OS. The lowest BCUT2D eigenvalue weighted by molar-refractivity contribution is 0.529. The van der Waals surface area contributed by atoms with Gasteiger partial charge < -0.3 is 8.98 Å². The van der Waals surface area contributed by atoms with E-state index in [0.717, 1.165) is 16.5 Å². The summed E-state index contributed by atoms with van der Waals surface area (Å²) in [4.78, 5) is 4.34. The highest BCUT2D eigenvalue weighted by Gasteiger charge is 2.36. The van der Waals surface area contributed by atoms with Crippen LogP contribution in [0.1, 0.15) is 49.4 Å². The Morgan fingerprint density at radius 2 is 1.92 bits per heavy atom. The molecule has 5 rings (SSSR count). The Morgan fingerprint density at radius 3 is 2.64 bits per heavy atom. The van der Waals surface area contributed by atoms with Crippen LogP contribution < -0.4 is 0 Å². The topological polar surface area (TPSA) is 56.7 Å². The molecule has 128 valence electrons. The molecule has 0 bridgehead atoms. The van der Waals surface area contributed by atoms with Crippen LogP contribution in [0, 0.1) is 5.82 Å². The Balaban J connectivity index is 1.31. The minimum absolute atomic E-state index is 0.259. The molecule has 0 N–H and O–H groups in total. The Hall–Kier alpha value is -2.15. The third kappa shape index (κ3) is 3.08. The number of oxazole rings is 1. The van der Waals surface area contributed by atoms with Crippen molar-refractivity contribution in [1.29, 1.82) is 0 Å². The van der Waals surface area contributed by atoms with Crippen molar-refractivity contribution in [3.8, 4) is 11.3 Å². The second-order valence-electron chi connectivity index (χ2n) is 6.63. The molecule has 2 fully saturated rings. The number of aromatic nitrogens is 4. The van der Waals surface area contributed by atoms with Gasteiger partial charge in [-0.3, -0.25) is 0 Å². The third-order valence-electron chi connectivity index (χ3n) is 4.55. The van der Waals surface area contributed by atoms with Gasteiger partial charge in [0.15, 0.2) is 10.9 Å². The molecule has 3 aromatic rings. The first-order valence-electron chi connectivity index (χ1n) is 8.56. The van der Waals surface area contributed by atoms with E-state index in [9.17, 15) is 4.39 Å². The molecule has 5 nitrogen and oxygen atoms in total. The van der Waals surface area contributed by atoms with E-state index in [1.54, 1.807) is 30.1 Å². The molecular weight excluding hydrogens is 339 g/mol. The van der Waals surface area contributed by atoms with Crippen molar-refractivity contribution in [2.75, 3.05) is 0 Å². The van der Waals surface area contributed by atoms with Gasteiger partial charge in [0.05, 0.1) is 11.9 Å². The lowest BCUT2D eigenvalue weighted by Crippen LogP contribution is -2.01. The smallest absolute Gasteiger partial charge is 0.205 e. The summed E-state index contributed by atoms with van der Waals surface area (Å²) in [6.07, 6.45) is 6.59. The van der Waals surface area contributed by atoms with Crippen LogP contribution >= 0.6 is 11.8 Å². The molecule has 2 heterocycles. The van der Waals surface area contributed by atoms with Crippen molar-refractivity contribution in [3.63, 3.8) is 0 Å². The van der Waals surface area contributed by atoms with E-state index in [1.165, 1.54) is 37.8 Å². The summed E-state index contributed by atoms with van der Waals surface area (Å²) < 4.78 is 21.2. The fraction of sp³-hybridized carbons (Fsp3) is 0.389. The summed E-state index contributed by atoms with van der Waals surface area (Å²) in [5.41, 5.74) is 0.822. The van der Waals surface area contributed by atoms with Crippen molar-refractivity contribution in [2.45, 2.75) is 48.6 Å².